The van der Waals surface area contributed by atoms with Crippen LogP contribution in [0.1, 0.15) is 0 Å². The van der Waals surface area contributed by atoms with Crippen LogP contribution in [-0.4, -0.2) is 11.1 Å². The lowest BCUT2D eigenvalue weighted by Crippen LogP contribution is -2.18. The first-order valence-electron chi connectivity index (χ1n) is 4.75. The predicted octanol–water partition coefficient (Wildman–Crippen LogP) is 3.75. The van der Waals surface area contributed by atoms with Gasteiger partial charge in [0.05, 0.1) is 10.7 Å². The Morgan fingerprint density at radius 1 is 1.29 bits per heavy atom. The molecule has 0 unspecified atom stereocenters. The fourth-order valence-electron chi connectivity index (χ4n) is 1.22. The molecule has 2 amide bonds. The van der Waals surface area contributed by atoms with Gasteiger partial charge in [-0.3, -0.25) is 5.32 Å². The smallest absolute Gasteiger partial charge is 0.324 e. The van der Waals surface area contributed by atoms with E-state index in [0.717, 1.165) is 5.00 Å². The monoisotopic (exact) mass is 268 g/mol. The number of carbonyl (C=O) groups excluding carboxylic acids is 1. The van der Waals surface area contributed by atoms with Crippen molar-refractivity contribution in [3.05, 3.63) is 40.7 Å². The number of aromatic hydroxyl groups is 1. The van der Waals surface area contributed by atoms with Crippen molar-refractivity contribution >= 4 is 39.7 Å². The lowest BCUT2D eigenvalue weighted by atomic mass is 10.3. The minimum absolute atomic E-state index is 0.0317. The standard InChI is InChI=1S/C11H9ClN2O2S/c12-7-3-4-9(15)8(6-7)13-11(16)14-10-2-1-5-17-10/h1-6,15H,(H2,13,14,16). The van der Waals surface area contributed by atoms with Gasteiger partial charge in [-0.1, -0.05) is 11.6 Å². The van der Waals surface area contributed by atoms with Crippen LogP contribution in [0.25, 0.3) is 0 Å². The van der Waals surface area contributed by atoms with Crippen LogP contribution in [0.5, 0.6) is 5.75 Å². The van der Waals surface area contributed by atoms with Crippen molar-refractivity contribution in [3.63, 3.8) is 0 Å². The van der Waals surface area contributed by atoms with Crippen molar-refractivity contribution < 1.29 is 9.90 Å². The summed E-state index contributed by atoms with van der Waals surface area (Å²) in [6.07, 6.45) is 0. The Labute approximate surface area is 107 Å². The molecule has 0 saturated heterocycles. The third-order valence-electron chi connectivity index (χ3n) is 1.96. The van der Waals surface area contributed by atoms with Gasteiger partial charge in [-0.25, -0.2) is 4.79 Å². The molecule has 1 heterocycles. The molecular formula is C11H9ClN2O2S. The van der Waals surface area contributed by atoms with E-state index in [0.29, 0.717) is 5.02 Å². The molecule has 3 N–H and O–H groups in total. The average molecular weight is 269 g/mol. The third-order valence-corrected chi connectivity index (χ3v) is 2.99. The van der Waals surface area contributed by atoms with E-state index in [9.17, 15) is 9.90 Å². The lowest BCUT2D eigenvalue weighted by molar-refractivity contribution is 0.262. The van der Waals surface area contributed by atoms with Crippen LogP contribution < -0.4 is 10.6 Å². The zero-order chi connectivity index (χ0) is 12.3. The molecule has 1 aromatic carbocycles. The molecule has 88 valence electrons. The second-order valence-electron chi connectivity index (χ2n) is 3.22. The Hall–Kier alpha value is -1.72. The quantitative estimate of drug-likeness (QED) is 0.727. The number of rotatable bonds is 2. The maximum absolute atomic E-state index is 11.6. The summed E-state index contributed by atoms with van der Waals surface area (Å²) in [5, 5.41) is 17.7. The second-order valence-corrected chi connectivity index (χ2v) is 4.60. The van der Waals surface area contributed by atoms with Gasteiger partial charge in [0.2, 0.25) is 0 Å². The highest BCUT2D eigenvalue weighted by molar-refractivity contribution is 7.14. The Kier molecular flexibility index (Phi) is 3.51. The van der Waals surface area contributed by atoms with Crippen LogP contribution in [0, 0.1) is 0 Å². The largest absolute Gasteiger partial charge is 0.506 e. The number of hydrogen-bond donors (Lipinski definition) is 3. The highest BCUT2D eigenvalue weighted by Gasteiger charge is 2.07. The Balaban J connectivity index is 2.05. The molecule has 17 heavy (non-hydrogen) atoms. The number of phenolic OH excluding ortho intramolecular Hbond substituents is 1. The van der Waals surface area contributed by atoms with E-state index in [2.05, 4.69) is 10.6 Å². The van der Waals surface area contributed by atoms with Crippen LogP contribution in [0.15, 0.2) is 35.7 Å². The summed E-state index contributed by atoms with van der Waals surface area (Å²) in [5.41, 5.74) is 0.270. The highest BCUT2D eigenvalue weighted by Crippen LogP contribution is 2.26. The minimum Gasteiger partial charge on any atom is -0.506 e. The van der Waals surface area contributed by atoms with Crippen molar-refractivity contribution in [1.82, 2.24) is 0 Å². The topological polar surface area (TPSA) is 61.4 Å². The number of halogens is 1. The predicted molar refractivity (Wildman–Crippen MR) is 70.1 cm³/mol. The van der Waals surface area contributed by atoms with Gasteiger partial charge in [0.1, 0.15) is 5.75 Å². The van der Waals surface area contributed by atoms with E-state index in [1.165, 1.54) is 23.5 Å². The molecule has 0 radical (unpaired) electrons. The molecule has 2 rings (SSSR count). The summed E-state index contributed by atoms with van der Waals surface area (Å²) in [6, 6.07) is 7.62. The van der Waals surface area contributed by atoms with Gasteiger partial charge in [0.25, 0.3) is 0 Å². The number of carbonyl (C=O) groups is 1. The Bertz CT molecular complexity index is 528. The molecular weight excluding hydrogens is 260 g/mol. The summed E-state index contributed by atoms with van der Waals surface area (Å²) < 4.78 is 0. The van der Waals surface area contributed by atoms with Gasteiger partial charge in [-0.2, -0.15) is 0 Å². The number of phenols is 1. The first-order valence-corrected chi connectivity index (χ1v) is 6.01. The molecule has 0 aliphatic carbocycles. The van der Waals surface area contributed by atoms with E-state index in [-0.39, 0.29) is 11.4 Å². The van der Waals surface area contributed by atoms with Crippen molar-refractivity contribution in [1.29, 1.82) is 0 Å². The molecule has 0 spiro atoms. The Morgan fingerprint density at radius 2 is 2.12 bits per heavy atom. The molecule has 0 atom stereocenters. The van der Waals surface area contributed by atoms with Crippen molar-refractivity contribution in [2.24, 2.45) is 0 Å². The second kappa shape index (κ2) is 5.07. The van der Waals surface area contributed by atoms with E-state index >= 15 is 0 Å². The zero-order valence-electron chi connectivity index (χ0n) is 8.61. The number of amides is 2. The van der Waals surface area contributed by atoms with Crippen LogP contribution in [0.3, 0.4) is 0 Å². The summed E-state index contributed by atoms with van der Waals surface area (Å²) in [4.78, 5) is 11.6. The maximum atomic E-state index is 11.6. The van der Waals surface area contributed by atoms with Gasteiger partial charge >= 0.3 is 6.03 Å². The molecule has 6 heteroatoms. The first kappa shape index (κ1) is 11.8. The summed E-state index contributed by atoms with van der Waals surface area (Å²) in [7, 11) is 0. The van der Waals surface area contributed by atoms with Crippen molar-refractivity contribution in [3.8, 4) is 5.75 Å². The van der Waals surface area contributed by atoms with Crippen LogP contribution in [0.4, 0.5) is 15.5 Å². The summed E-state index contributed by atoms with van der Waals surface area (Å²) in [5.74, 6) is -0.0317. The molecule has 0 aliphatic rings. The van der Waals surface area contributed by atoms with Gasteiger partial charge in [-0.05, 0) is 35.7 Å². The van der Waals surface area contributed by atoms with Crippen LogP contribution in [0.2, 0.25) is 5.02 Å². The SMILES string of the molecule is O=C(Nc1cccs1)Nc1cc(Cl)ccc1O. The highest BCUT2D eigenvalue weighted by atomic mass is 35.5. The van der Waals surface area contributed by atoms with Gasteiger partial charge in [-0.15, -0.1) is 11.3 Å². The molecule has 0 saturated carbocycles. The van der Waals surface area contributed by atoms with E-state index < -0.39 is 6.03 Å². The number of hydrogen-bond acceptors (Lipinski definition) is 3. The van der Waals surface area contributed by atoms with Gasteiger partial charge in [0, 0.05) is 5.02 Å². The zero-order valence-corrected chi connectivity index (χ0v) is 10.2. The summed E-state index contributed by atoms with van der Waals surface area (Å²) in [6.45, 7) is 0. The number of benzene rings is 1. The third kappa shape index (κ3) is 3.12. The minimum atomic E-state index is -0.426. The van der Waals surface area contributed by atoms with Crippen LogP contribution >= 0.6 is 22.9 Å². The Morgan fingerprint density at radius 3 is 2.82 bits per heavy atom. The number of thiophene rings is 1. The summed E-state index contributed by atoms with van der Waals surface area (Å²) >= 11 is 7.17. The van der Waals surface area contributed by atoms with Gasteiger partial charge < -0.3 is 10.4 Å². The van der Waals surface area contributed by atoms with Crippen molar-refractivity contribution in [2.45, 2.75) is 0 Å². The van der Waals surface area contributed by atoms with Gasteiger partial charge in [0.15, 0.2) is 0 Å². The number of nitrogens with one attached hydrogen (secondary N) is 2. The average Bonchev–Trinajstić information content (AvgIpc) is 2.76. The fraction of sp³-hybridized carbons (Fsp3) is 0. The normalized spacial score (nSPS) is 9.94. The molecule has 0 aliphatic heterocycles. The lowest BCUT2D eigenvalue weighted by Gasteiger charge is -2.07. The fourth-order valence-corrected chi connectivity index (χ4v) is 2.01. The van der Waals surface area contributed by atoms with Crippen LogP contribution in [-0.2, 0) is 0 Å². The van der Waals surface area contributed by atoms with E-state index in [1.54, 1.807) is 12.1 Å². The maximum Gasteiger partial charge on any atom is 0.324 e. The number of anilines is 2. The molecule has 0 bridgehead atoms. The number of urea groups is 1. The first-order chi connectivity index (χ1) is 8.15. The van der Waals surface area contributed by atoms with Crippen molar-refractivity contribution in [2.75, 3.05) is 10.6 Å². The molecule has 4 nitrogen and oxygen atoms in total. The molecule has 0 fully saturated rings. The van der Waals surface area contributed by atoms with E-state index in [1.807, 2.05) is 11.4 Å². The molecule has 2 aromatic rings. The molecule has 1 aromatic heterocycles. The van der Waals surface area contributed by atoms with E-state index in [4.69, 9.17) is 11.6 Å².